The van der Waals surface area contributed by atoms with Crippen molar-refractivity contribution in [3.8, 4) is 0 Å². The Morgan fingerprint density at radius 1 is 1.47 bits per heavy atom. The number of hydrogen-bond donors (Lipinski definition) is 3. The third-order valence-corrected chi connectivity index (χ3v) is 2.27. The second-order valence-corrected chi connectivity index (χ2v) is 4.26. The summed E-state index contributed by atoms with van der Waals surface area (Å²) >= 11 is 0. The van der Waals surface area contributed by atoms with Gasteiger partial charge < -0.3 is 16.0 Å². The Hall–Kier alpha value is -1.91. The second-order valence-electron chi connectivity index (χ2n) is 4.26. The van der Waals surface area contributed by atoms with E-state index in [1.807, 2.05) is 0 Å². The summed E-state index contributed by atoms with van der Waals surface area (Å²) in [5, 5.41) is 12.5. The molecule has 0 fully saturated rings. The van der Waals surface area contributed by atoms with E-state index in [0.717, 1.165) is 0 Å². The molecular formula is C12H16FN3O. The number of benzene rings is 1. The normalized spacial score (nSPS) is 10.8. The van der Waals surface area contributed by atoms with Gasteiger partial charge in [0.1, 0.15) is 5.82 Å². The fourth-order valence-corrected chi connectivity index (χ4v) is 1.32. The Bertz CT molecular complexity index is 443. The minimum Gasteiger partial charge on any atom is -0.375 e. The summed E-state index contributed by atoms with van der Waals surface area (Å²) < 4.78 is 13.6. The Balaban J connectivity index is 2.97. The van der Waals surface area contributed by atoms with E-state index in [1.54, 1.807) is 19.9 Å². The number of halogens is 1. The number of nitrogens with one attached hydrogen (secondary N) is 3. The van der Waals surface area contributed by atoms with Crippen LogP contribution >= 0.6 is 0 Å². The molecule has 1 aromatic rings. The fourth-order valence-electron chi connectivity index (χ4n) is 1.32. The van der Waals surface area contributed by atoms with Crippen molar-refractivity contribution in [2.75, 3.05) is 12.4 Å². The molecule has 1 aromatic carbocycles. The zero-order valence-corrected chi connectivity index (χ0v) is 10.1. The lowest BCUT2D eigenvalue weighted by Gasteiger charge is -2.22. The minimum absolute atomic E-state index is 0.00529. The van der Waals surface area contributed by atoms with E-state index < -0.39 is 17.3 Å². The summed E-state index contributed by atoms with van der Waals surface area (Å²) in [5.41, 5.74) is -0.0181. The monoisotopic (exact) mass is 237 g/mol. The van der Waals surface area contributed by atoms with E-state index in [1.165, 1.54) is 25.4 Å². The molecule has 0 aliphatic heterocycles. The van der Waals surface area contributed by atoms with Crippen LogP contribution < -0.4 is 10.6 Å². The van der Waals surface area contributed by atoms with Gasteiger partial charge in [0.05, 0.1) is 11.1 Å². The van der Waals surface area contributed by atoms with E-state index in [2.05, 4.69) is 10.6 Å². The maximum Gasteiger partial charge on any atom is 0.253 e. The third-order valence-electron chi connectivity index (χ3n) is 2.27. The number of anilines is 1. The summed E-state index contributed by atoms with van der Waals surface area (Å²) in [6.07, 6.45) is 1.23. The van der Waals surface area contributed by atoms with Crippen LogP contribution in [-0.4, -0.2) is 24.7 Å². The van der Waals surface area contributed by atoms with E-state index >= 15 is 0 Å². The molecule has 4 nitrogen and oxygen atoms in total. The quantitative estimate of drug-likeness (QED) is 0.701. The predicted octanol–water partition coefficient (Wildman–Crippen LogP) is 2.03. The molecule has 0 spiro atoms. The van der Waals surface area contributed by atoms with Crippen LogP contribution in [0.2, 0.25) is 0 Å². The van der Waals surface area contributed by atoms with Crippen LogP contribution in [0.3, 0.4) is 0 Å². The highest BCUT2D eigenvalue weighted by atomic mass is 19.1. The van der Waals surface area contributed by atoms with Crippen molar-refractivity contribution in [3.63, 3.8) is 0 Å². The van der Waals surface area contributed by atoms with Crippen molar-refractivity contribution >= 4 is 17.8 Å². The smallest absolute Gasteiger partial charge is 0.253 e. The highest BCUT2D eigenvalue weighted by molar-refractivity contribution is 5.94. The molecule has 17 heavy (non-hydrogen) atoms. The third kappa shape index (κ3) is 3.27. The summed E-state index contributed by atoms with van der Waals surface area (Å²) in [4.78, 5) is 11.3. The van der Waals surface area contributed by atoms with Gasteiger partial charge in [0.15, 0.2) is 0 Å². The molecule has 1 amide bonds. The van der Waals surface area contributed by atoms with E-state index in [9.17, 15) is 9.18 Å². The van der Waals surface area contributed by atoms with E-state index in [4.69, 9.17) is 5.41 Å². The van der Waals surface area contributed by atoms with Gasteiger partial charge in [-0.1, -0.05) is 0 Å². The molecule has 0 aliphatic carbocycles. The topological polar surface area (TPSA) is 65.0 Å². The van der Waals surface area contributed by atoms with E-state index in [0.29, 0.717) is 5.69 Å². The standard InChI is InChI=1S/C12H16FN3O/c1-12(2,7-14)16-8-4-5-9(10(13)6-8)11(17)15-3/h4-7,14,16H,1-3H3,(H,15,17). The van der Waals surface area contributed by atoms with Crippen molar-refractivity contribution in [1.82, 2.24) is 5.32 Å². The summed E-state index contributed by atoms with van der Waals surface area (Å²) in [5.74, 6) is -1.05. The van der Waals surface area contributed by atoms with Gasteiger partial charge in [0.25, 0.3) is 5.91 Å². The number of carbonyl (C=O) groups is 1. The number of amides is 1. The lowest BCUT2D eigenvalue weighted by atomic mass is 10.1. The zero-order valence-electron chi connectivity index (χ0n) is 10.1. The minimum atomic E-state index is -0.588. The molecule has 0 unspecified atom stereocenters. The van der Waals surface area contributed by atoms with Crippen LogP contribution in [0.25, 0.3) is 0 Å². The molecule has 1 rings (SSSR count). The molecule has 0 aliphatic rings. The zero-order chi connectivity index (χ0) is 13.1. The Morgan fingerprint density at radius 2 is 2.12 bits per heavy atom. The highest BCUT2D eigenvalue weighted by Gasteiger charge is 2.15. The van der Waals surface area contributed by atoms with Crippen LogP contribution in [0.1, 0.15) is 24.2 Å². The lowest BCUT2D eigenvalue weighted by molar-refractivity contribution is 0.0959. The van der Waals surface area contributed by atoms with Crippen molar-refractivity contribution in [1.29, 1.82) is 5.41 Å². The molecule has 0 radical (unpaired) electrons. The first-order chi connectivity index (χ1) is 7.89. The molecular weight excluding hydrogens is 221 g/mol. The van der Waals surface area contributed by atoms with Crippen LogP contribution in [-0.2, 0) is 0 Å². The lowest BCUT2D eigenvalue weighted by Crippen LogP contribution is -2.32. The van der Waals surface area contributed by atoms with Gasteiger partial charge >= 0.3 is 0 Å². The van der Waals surface area contributed by atoms with E-state index in [-0.39, 0.29) is 5.56 Å². The van der Waals surface area contributed by atoms with Crippen molar-refractivity contribution in [3.05, 3.63) is 29.6 Å². The molecule has 0 aromatic heterocycles. The summed E-state index contributed by atoms with van der Waals surface area (Å²) in [6, 6.07) is 4.27. The number of carbonyl (C=O) groups excluding carboxylic acids is 1. The molecule has 5 heteroatoms. The molecule has 92 valence electrons. The number of hydrogen-bond acceptors (Lipinski definition) is 3. The first kappa shape index (κ1) is 13.2. The first-order valence-corrected chi connectivity index (χ1v) is 5.21. The molecule has 0 saturated heterocycles. The predicted molar refractivity (Wildman–Crippen MR) is 66.3 cm³/mol. The van der Waals surface area contributed by atoms with Gasteiger partial charge in [-0.15, -0.1) is 0 Å². The van der Waals surface area contributed by atoms with Gasteiger partial charge in [-0.25, -0.2) is 4.39 Å². The van der Waals surface area contributed by atoms with Crippen molar-refractivity contribution < 1.29 is 9.18 Å². The van der Waals surface area contributed by atoms with Gasteiger partial charge in [0, 0.05) is 18.9 Å². The fraction of sp³-hybridized carbons (Fsp3) is 0.333. The first-order valence-electron chi connectivity index (χ1n) is 5.21. The summed E-state index contributed by atoms with van der Waals surface area (Å²) in [7, 11) is 1.45. The van der Waals surface area contributed by atoms with Gasteiger partial charge in [0.2, 0.25) is 0 Å². The maximum absolute atomic E-state index is 13.6. The average Bonchev–Trinajstić information content (AvgIpc) is 2.28. The molecule has 0 atom stereocenters. The van der Waals surface area contributed by atoms with Gasteiger partial charge in [-0.05, 0) is 32.0 Å². The van der Waals surface area contributed by atoms with Crippen LogP contribution in [0.4, 0.5) is 10.1 Å². The molecule has 0 saturated carbocycles. The summed E-state index contributed by atoms with van der Waals surface area (Å²) in [6.45, 7) is 3.59. The molecule has 3 N–H and O–H groups in total. The van der Waals surface area contributed by atoms with Crippen LogP contribution in [0.5, 0.6) is 0 Å². The SMILES string of the molecule is CNC(=O)c1ccc(NC(C)(C)C=N)cc1F. The van der Waals surface area contributed by atoms with Crippen molar-refractivity contribution in [2.24, 2.45) is 0 Å². The molecule has 0 heterocycles. The Kier molecular flexibility index (Phi) is 3.83. The second kappa shape index (κ2) is 4.95. The van der Waals surface area contributed by atoms with Crippen LogP contribution in [0.15, 0.2) is 18.2 Å². The molecule has 0 bridgehead atoms. The highest BCUT2D eigenvalue weighted by Crippen LogP contribution is 2.17. The van der Waals surface area contributed by atoms with Gasteiger partial charge in [-0.3, -0.25) is 4.79 Å². The largest absolute Gasteiger partial charge is 0.375 e. The average molecular weight is 237 g/mol. The Labute approximate surface area is 99.7 Å². The van der Waals surface area contributed by atoms with Gasteiger partial charge in [-0.2, -0.15) is 0 Å². The Morgan fingerprint density at radius 3 is 2.59 bits per heavy atom. The van der Waals surface area contributed by atoms with Crippen molar-refractivity contribution in [2.45, 2.75) is 19.4 Å². The number of rotatable bonds is 4. The maximum atomic E-state index is 13.6. The van der Waals surface area contributed by atoms with Crippen LogP contribution in [0, 0.1) is 11.2 Å².